The van der Waals surface area contributed by atoms with Crippen LogP contribution in [-0.4, -0.2) is 40.9 Å². The van der Waals surface area contributed by atoms with Crippen LogP contribution in [0.4, 0.5) is 4.39 Å². The zero-order chi connectivity index (χ0) is 10.3. The molecule has 1 N–H and O–H groups in total. The van der Waals surface area contributed by atoms with Crippen LogP contribution in [0.25, 0.3) is 0 Å². The molecule has 0 aromatic carbocycles. The van der Waals surface area contributed by atoms with Crippen LogP contribution in [0.2, 0.25) is 6.82 Å². The van der Waals surface area contributed by atoms with Gasteiger partial charge >= 0.3 is 7.05 Å². The molecule has 2 rings (SSSR count). The van der Waals surface area contributed by atoms with Crippen LogP contribution in [0.5, 0.6) is 0 Å². The maximum atomic E-state index is 13.6. The van der Waals surface area contributed by atoms with Crippen molar-refractivity contribution in [1.29, 1.82) is 0 Å². The van der Waals surface area contributed by atoms with Crippen molar-refractivity contribution < 1.29 is 14.2 Å². The Morgan fingerprint density at radius 3 is 2.93 bits per heavy atom. The second kappa shape index (κ2) is 3.63. The molecule has 2 fully saturated rings. The predicted molar refractivity (Wildman–Crippen MR) is 51.6 cm³/mol. The van der Waals surface area contributed by atoms with Crippen molar-refractivity contribution in [2.45, 2.75) is 50.8 Å². The maximum absolute atomic E-state index is 13.6. The van der Waals surface area contributed by atoms with Crippen molar-refractivity contribution in [2.24, 2.45) is 0 Å². The van der Waals surface area contributed by atoms with E-state index in [-0.39, 0.29) is 24.3 Å². The zero-order valence-electron chi connectivity index (χ0n) is 8.32. The number of fused-ring (bicyclic) bond motifs is 2. The molecule has 2 aliphatic heterocycles. The summed E-state index contributed by atoms with van der Waals surface area (Å²) in [5.41, 5.74) is 0. The van der Waals surface area contributed by atoms with Crippen LogP contribution in [0.15, 0.2) is 0 Å². The van der Waals surface area contributed by atoms with Gasteiger partial charge in [-0.2, -0.15) is 0 Å². The Morgan fingerprint density at radius 1 is 1.57 bits per heavy atom. The minimum absolute atomic E-state index is 0.0632. The van der Waals surface area contributed by atoms with E-state index in [9.17, 15) is 14.2 Å². The maximum Gasteiger partial charge on any atom is 0.376 e. The summed E-state index contributed by atoms with van der Waals surface area (Å²) in [7, 11) is -0.642. The summed E-state index contributed by atoms with van der Waals surface area (Å²) in [4.78, 5) is 13.1. The Morgan fingerprint density at radius 2 is 2.29 bits per heavy atom. The van der Waals surface area contributed by atoms with E-state index < -0.39 is 13.2 Å². The van der Waals surface area contributed by atoms with Gasteiger partial charge in [0, 0.05) is 18.5 Å². The quantitative estimate of drug-likeness (QED) is 0.629. The van der Waals surface area contributed by atoms with E-state index in [0.717, 1.165) is 12.8 Å². The third-order valence-corrected chi connectivity index (χ3v) is 3.36. The van der Waals surface area contributed by atoms with E-state index in [1.165, 1.54) is 0 Å². The van der Waals surface area contributed by atoms with Crippen LogP contribution in [0.3, 0.4) is 0 Å². The number of alkyl halides is 1. The van der Waals surface area contributed by atoms with E-state index in [1.807, 2.05) is 0 Å². The Bertz CT molecular complexity index is 249. The fourth-order valence-electron chi connectivity index (χ4n) is 2.78. The molecule has 2 aliphatic rings. The van der Waals surface area contributed by atoms with Crippen molar-refractivity contribution in [3.8, 4) is 0 Å². The molecule has 3 nitrogen and oxygen atoms in total. The Labute approximate surface area is 83.4 Å². The molecule has 2 heterocycles. The van der Waals surface area contributed by atoms with Gasteiger partial charge in [-0.25, -0.2) is 4.39 Å². The molecule has 0 aliphatic carbocycles. The van der Waals surface area contributed by atoms with E-state index in [0.29, 0.717) is 6.42 Å². The molecule has 5 heteroatoms. The number of nitrogens with zero attached hydrogens (tertiary/aromatic N) is 1. The second-order valence-electron chi connectivity index (χ2n) is 4.30. The number of halogens is 1. The molecule has 0 saturated carbocycles. The molecule has 2 unspecified atom stereocenters. The second-order valence-corrected chi connectivity index (χ2v) is 4.30. The van der Waals surface area contributed by atoms with Gasteiger partial charge < -0.3 is 9.83 Å². The zero-order valence-corrected chi connectivity index (χ0v) is 8.32. The van der Waals surface area contributed by atoms with Gasteiger partial charge in [0.2, 0.25) is 0 Å². The van der Waals surface area contributed by atoms with Crippen molar-refractivity contribution in [1.82, 2.24) is 4.81 Å². The van der Waals surface area contributed by atoms with Crippen LogP contribution in [0, 0.1) is 0 Å². The third kappa shape index (κ3) is 1.48. The van der Waals surface area contributed by atoms with Crippen molar-refractivity contribution in [3.05, 3.63) is 0 Å². The van der Waals surface area contributed by atoms with Crippen LogP contribution in [-0.2, 0) is 4.79 Å². The first kappa shape index (κ1) is 10.1. The van der Waals surface area contributed by atoms with Crippen molar-refractivity contribution >= 4 is 12.8 Å². The number of carbonyl (C=O) groups excluding carboxylic acids is 1. The number of Topliss-reactive ketones (excluding diaryl/α,β-unsaturated/α-hetero) is 1. The Kier molecular flexibility index (Phi) is 2.62. The summed E-state index contributed by atoms with van der Waals surface area (Å²) >= 11 is 0. The molecule has 0 aromatic heterocycles. The summed E-state index contributed by atoms with van der Waals surface area (Å²) in [6.45, 7) is 1.65. The first-order valence-corrected chi connectivity index (χ1v) is 5.23. The lowest BCUT2D eigenvalue weighted by Crippen LogP contribution is -2.62. The largest absolute Gasteiger partial charge is 0.437 e. The number of hydrogen-bond acceptors (Lipinski definition) is 3. The molecule has 2 saturated heterocycles. The summed E-state index contributed by atoms with van der Waals surface area (Å²) < 4.78 is 13.6. The van der Waals surface area contributed by atoms with Gasteiger partial charge in [-0.05, 0) is 19.7 Å². The first-order valence-electron chi connectivity index (χ1n) is 5.23. The number of piperidine rings is 2. The number of carbonyl (C=O) groups is 1. The highest BCUT2D eigenvalue weighted by molar-refractivity contribution is 6.45. The standard InChI is InChI=1S/C9H15BFNO2/c1-10(14)12-6-3-2-4-7(12)9(11)8(13)5-6/h6-7,9,14H,2-5H2,1H3/t6?,7?,9-/m0/s1. The molecule has 0 spiro atoms. The highest BCUT2D eigenvalue weighted by atomic mass is 19.1. The lowest BCUT2D eigenvalue weighted by molar-refractivity contribution is -0.132. The number of ketones is 1. The van der Waals surface area contributed by atoms with Crippen molar-refractivity contribution in [2.75, 3.05) is 0 Å². The Hall–Kier alpha value is -0.415. The van der Waals surface area contributed by atoms with Gasteiger partial charge in [-0.15, -0.1) is 0 Å². The normalized spacial score (nSPS) is 38.5. The van der Waals surface area contributed by atoms with Crippen LogP contribution >= 0.6 is 0 Å². The molecule has 0 radical (unpaired) electrons. The molecule has 14 heavy (non-hydrogen) atoms. The van der Waals surface area contributed by atoms with Crippen LogP contribution < -0.4 is 0 Å². The number of rotatable bonds is 1. The minimum Gasteiger partial charge on any atom is -0.437 e. The fourth-order valence-corrected chi connectivity index (χ4v) is 2.78. The summed E-state index contributed by atoms with van der Waals surface area (Å²) in [6.07, 6.45) is 1.43. The predicted octanol–water partition coefficient (Wildman–Crippen LogP) is 0.631. The van der Waals surface area contributed by atoms with Gasteiger partial charge in [0.1, 0.15) is 0 Å². The molecule has 78 valence electrons. The Balaban J connectivity index is 2.22. The smallest absolute Gasteiger partial charge is 0.376 e. The average Bonchev–Trinajstić information content (AvgIpc) is 2.14. The lowest BCUT2D eigenvalue weighted by atomic mass is 9.71. The van der Waals surface area contributed by atoms with Gasteiger partial charge in [0.05, 0.1) is 0 Å². The van der Waals surface area contributed by atoms with Gasteiger partial charge in [-0.3, -0.25) is 4.79 Å². The van der Waals surface area contributed by atoms with Crippen molar-refractivity contribution in [3.63, 3.8) is 0 Å². The molecule has 0 amide bonds. The molecule has 3 atom stereocenters. The van der Waals surface area contributed by atoms with E-state index in [4.69, 9.17) is 0 Å². The summed E-state index contributed by atoms with van der Waals surface area (Å²) in [6, 6.07) is -0.316. The summed E-state index contributed by atoms with van der Waals surface area (Å²) in [5, 5.41) is 9.53. The first-order chi connectivity index (χ1) is 6.61. The summed E-state index contributed by atoms with van der Waals surface area (Å²) in [5.74, 6) is -0.281. The monoisotopic (exact) mass is 199 g/mol. The molecular weight excluding hydrogens is 184 g/mol. The highest BCUT2D eigenvalue weighted by Gasteiger charge is 2.46. The minimum atomic E-state index is -1.39. The number of hydrogen-bond donors (Lipinski definition) is 1. The van der Waals surface area contributed by atoms with Gasteiger partial charge in [0.25, 0.3) is 0 Å². The average molecular weight is 199 g/mol. The molecular formula is C9H15BFNO2. The van der Waals surface area contributed by atoms with E-state index in [1.54, 1.807) is 11.6 Å². The third-order valence-electron chi connectivity index (χ3n) is 3.36. The molecule has 0 aromatic rings. The van der Waals surface area contributed by atoms with Gasteiger partial charge in [-0.1, -0.05) is 6.42 Å². The SMILES string of the molecule is CB(O)N1C2CCCC1[C@H](F)C(=O)C2. The molecule has 2 bridgehead atoms. The fraction of sp³-hybridized carbons (Fsp3) is 0.889. The van der Waals surface area contributed by atoms with Gasteiger partial charge in [0.15, 0.2) is 12.0 Å². The van der Waals surface area contributed by atoms with E-state index >= 15 is 0 Å². The van der Waals surface area contributed by atoms with E-state index in [2.05, 4.69) is 0 Å². The topological polar surface area (TPSA) is 40.5 Å². The lowest BCUT2D eigenvalue weighted by Gasteiger charge is -2.47. The van der Waals surface area contributed by atoms with Crippen LogP contribution in [0.1, 0.15) is 25.7 Å². The highest BCUT2D eigenvalue weighted by Crippen LogP contribution is 2.34.